The monoisotopic (exact) mass is 502 g/mol. The third-order valence-electron chi connectivity index (χ3n) is 7.76. The highest BCUT2D eigenvalue weighted by atomic mass is 16.2. The molecule has 0 saturated carbocycles. The lowest BCUT2D eigenvalue weighted by atomic mass is 9.72. The van der Waals surface area contributed by atoms with Crippen LogP contribution in [0, 0.1) is 11.3 Å². The highest BCUT2D eigenvalue weighted by Crippen LogP contribution is 2.47. The van der Waals surface area contributed by atoms with E-state index >= 15 is 0 Å². The molecule has 1 fully saturated rings. The standard InChI is InChI=1S/C24H48N4O2.C6H6/c1-8-10-14-27(13-9-2)15-12-24(7)23(5,6)11-16-28(24)22(30)20(17-19(3)4)26-21(29)18-25;1-2-4-6-5-3-1/h19-20H,8-18,25H2,1-7H3,(H,26,29);1-6H/t20?,24-;/m1./s1. The summed E-state index contributed by atoms with van der Waals surface area (Å²) < 4.78 is 0. The molecule has 0 bridgehead atoms. The molecule has 36 heavy (non-hydrogen) atoms. The van der Waals surface area contributed by atoms with E-state index in [1.54, 1.807) is 0 Å². The summed E-state index contributed by atoms with van der Waals surface area (Å²) in [6.45, 7) is 19.3. The van der Waals surface area contributed by atoms with Crippen LogP contribution < -0.4 is 11.1 Å². The minimum atomic E-state index is -0.499. The third kappa shape index (κ3) is 9.85. The molecular formula is C30H54N4O2. The van der Waals surface area contributed by atoms with Crippen molar-refractivity contribution in [3.8, 4) is 0 Å². The molecule has 1 saturated heterocycles. The average Bonchev–Trinajstić information content (AvgIpc) is 3.09. The van der Waals surface area contributed by atoms with Gasteiger partial charge in [0.15, 0.2) is 0 Å². The van der Waals surface area contributed by atoms with Crippen molar-refractivity contribution in [1.82, 2.24) is 15.1 Å². The SMILES string of the molecule is CCCCN(CCC)CC[C@@]1(C)N(C(=O)C(CC(C)C)NC(=O)CN)CCC1(C)C.c1ccccc1. The van der Waals surface area contributed by atoms with Gasteiger partial charge in [0.25, 0.3) is 0 Å². The van der Waals surface area contributed by atoms with E-state index in [2.05, 4.69) is 63.6 Å². The minimum Gasteiger partial charge on any atom is -0.343 e. The van der Waals surface area contributed by atoms with Gasteiger partial charge in [-0.3, -0.25) is 9.59 Å². The van der Waals surface area contributed by atoms with Crippen molar-refractivity contribution in [3.05, 3.63) is 36.4 Å². The molecule has 6 heteroatoms. The first-order valence-corrected chi connectivity index (χ1v) is 14.1. The zero-order chi connectivity index (χ0) is 27.2. The molecule has 0 aliphatic carbocycles. The summed E-state index contributed by atoms with van der Waals surface area (Å²) in [5.74, 6) is 0.102. The number of likely N-dealkylation sites (tertiary alicyclic amines) is 1. The summed E-state index contributed by atoms with van der Waals surface area (Å²) in [5, 5.41) is 2.89. The molecular weight excluding hydrogens is 448 g/mol. The molecule has 206 valence electrons. The molecule has 2 amide bonds. The summed E-state index contributed by atoms with van der Waals surface area (Å²) in [5.41, 5.74) is 5.31. The van der Waals surface area contributed by atoms with E-state index in [-0.39, 0.29) is 29.3 Å². The Kier molecular flexibility index (Phi) is 14.3. The van der Waals surface area contributed by atoms with Crippen LogP contribution >= 0.6 is 0 Å². The highest BCUT2D eigenvalue weighted by molar-refractivity contribution is 5.89. The molecule has 1 aliphatic heterocycles. The van der Waals surface area contributed by atoms with Gasteiger partial charge in [0, 0.05) is 18.6 Å². The van der Waals surface area contributed by atoms with Gasteiger partial charge >= 0.3 is 0 Å². The van der Waals surface area contributed by atoms with Gasteiger partial charge in [-0.1, -0.05) is 84.4 Å². The maximum absolute atomic E-state index is 13.6. The fraction of sp³-hybridized carbons (Fsp3) is 0.733. The first kappa shape index (κ1) is 32.1. The summed E-state index contributed by atoms with van der Waals surface area (Å²) in [6, 6.07) is 11.5. The predicted molar refractivity (Wildman–Crippen MR) is 152 cm³/mol. The van der Waals surface area contributed by atoms with Gasteiger partial charge in [0.2, 0.25) is 11.8 Å². The lowest BCUT2D eigenvalue weighted by molar-refractivity contribution is -0.142. The van der Waals surface area contributed by atoms with Crippen molar-refractivity contribution in [2.75, 3.05) is 32.7 Å². The number of carbonyl (C=O) groups is 2. The summed E-state index contributed by atoms with van der Waals surface area (Å²) in [6.07, 6.45) is 6.13. The number of hydrogen-bond donors (Lipinski definition) is 2. The Labute approximate surface area is 221 Å². The Morgan fingerprint density at radius 3 is 2.03 bits per heavy atom. The van der Waals surface area contributed by atoms with Crippen molar-refractivity contribution in [2.45, 2.75) is 98.6 Å². The summed E-state index contributed by atoms with van der Waals surface area (Å²) >= 11 is 0. The van der Waals surface area contributed by atoms with Crippen LogP contribution in [-0.4, -0.2) is 65.9 Å². The molecule has 0 aromatic heterocycles. The van der Waals surface area contributed by atoms with Gasteiger partial charge in [0.1, 0.15) is 6.04 Å². The van der Waals surface area contributed by atoms with Crippen molar-refractivity contribution >= 4 is 11.8 Å². The molecule has 1 heterocycles. The zero-order valence-electron chi connectivity index (χ0n) is 24.2. The molecule has 1 aliphatic rings. The Balaban J connectivity index is 0.000000936. The van der Waals surface area contributed by atoms with E-state index in [0.717, 1.165) is 45.4 Å². The van der Waals surface area contributed by atoms with Crippen molar-refractivity contribution in [1.29, 1.82) is 0 Å². The Hall–Kier alpha value is -1.92. The number of benzene rings is 1. The fourth-order valence-electron chi connectivity index (χ4n) is 5.03. The van der Waals surface area contributed by atoms with Gasteiger partial charge in [-0.2, -0.15) is 0 Å². The van der Waals surface area contributed by atoms with Crippen LogP contribution in [0.25, 0.3) is 0 Å². The number of hydrogen-bond acceptors (Lipinski definition) is 4. The number of nitrogens with one attached hydrogen (secondary N) is 1. The largest absolute Gasteiger partial charge is 0.343 e. The van der Waals surface area contributed by atoms with Crippen LogP contribution in [0.2, 0.25) is 0 Å². The quantitative estimate of drug-likeness (QED) is 0.394. The Morgan fingerprint density at radius 1 is 0.972 bits per heavy atom. The molecule has 3 N–H and O–H groups in total. The molecule has 1 unspecified atom stereocenters. The number of unbranched alkanes of at least 4 members (excludes halogenated alkanes) is 1. The molecule has 0 spiro atoms. The number of rotatable bonds is 13. The van der Waals surface area contributed by atoms with Crippen LogP contribution in [0.3, 0.4) is 0 Å². The maximum Gasteiger partial charge on any atom is 0.245 e. The van der Waals surface area contributed by atoms with Gasteiger partial charge < -0.3 is 20.9 Å². The van der Waals surface area contributed by atoms with E-state index in [0.29, 0.717) is 12.3 Å². The van der Waals surface area contributed by atoms with E-state index in [9.17, 15) is 9.59 Å². The number of amides is 2. The molecule has 0 radical (unpaired) electrons. The number of nitrogens with two attached hydrogens (primary N) is 1. The third-order valence-corrected chi connectivity index (χ3v) is 7.76. The smallest absolute Gasteiger partial charge is 0.245 e. The first-order valence-electron chi connectivity index (χ1n) is 14.1. The minimum absolute atomic E-state index is 0.0333. The second-order valence-electron chi connectivity index (χ2n) is 11.5. The second kappa shape index (κ2) is 16.0. The van der Waals surface area contributed by atoms with Gasteiger partial charge in [0.05, 0.1) is 6.54 Å². The molecule has 1 aromatic rings. The summed E-state index contributed by atoms with van der Waals surface area (Å²) in [4.78, 5) is 30.2. The Bertz CT molecular complexity index is 726. The normalized spacial score (nSPS) is 19.7. The van der Waals surface area contributed by atoms with Crippen LogP contribution in [0.1, 0.15) is 87.0 Å². The van der Waals surface area contributed by atoms with E-state index < -0.39 is 6.04 Å². The van der Waals surface area contributed by atoms with Crippen LogP contribution in [-0.2, 0) is 9.59 Å². The van der Waals surface area contributed by atoms with Gasteiger partial charge in [-0.25, -0.2) is 0 Å². The van der Waals surface area contributed by atoms with Crippen LogP contribution in [0.4, 0.5) is 0 Å². The topological polar surface area (TPSA) is 78.7 Å². The second-order valence-corrected chi connectivity index (χ2v) is 11.5. The summed E-state index contributed by atoms with van der Waals surface area (Å²) in [7, 11) is 0. The van der Waals surface area contributed by atoms with Gasteiger partial charge in [-0.05, 0) is 63.5 Å². The molecule has 1 aromatic carbocycles. The zero-order valence-corrected chi connectivity index (χ0v) is 24.2. The van der Waals surface area contributed by atoms with Crippen LogP contribution in [0.15, 0.2) is 36.4 Å². The fourth-order valence-corrected chi connectivity index (χ4v) is 5.03. The van der Waals surface area contributed by atoms with Gasteiger partial charge in [-0.15, -0.1) is 0 Å². The van der Waals surface area contributed by atoms with E-state index in [4.69, 9.17) is 5.73 Å². The van der Waals surface area contributed by atoms with Crippen molar-refractivity contribution < 1.29 is 9.59 Å². The van der Waals surface area contributed by atoms with E-state index in [1.165, 1.54) is 12.8 Å². The maximum atomic E-state index is 13.6. The van der Waals surface area contributed by atoms with Crippen molar-refractivity contribution in [3.63, 3.8) is 0 Å². The Morgan fingerprint density at radius 2 is 1.56 bits per heavy atom. The molecule has 6 nitrogen and oxygen atoms in total. The van der Waals surface area contributed by atoms with Crippen molar-refractivity contribution in [2.24, 2.45) is 17.1 Å². The first-order chi connectivity index (χ1) is 17.0. The average molecular weight is 503 g/mol. The van der Waals surface area contributed by atoms with Crippen LogP contribution in [0.5, 0.6) is 0 Å². The lowest BCUT2D eigenvalue weighted by Gasteiger charge is -2.46. The number of nitrogens with zero attached hydrogens (tertiary/aromatic N) is 2. The predicted octanol–water partition coefficient (Wildman–Crippen LogP) is 5.08. The van der Waals surface area contributed by atoms with E-state index in [1.807, 2.05) is 36.4 Å². The number of carbonyl (C=O) groups excluding carboxylic acids is 2. The lowest BCUT2D eigenvalue weighted by Crippen LogP contribution is -2.58. The molecule has 2 atom stereocenters. The molecule has 2 rings (SSSR count). The highest BCUT2D eigenvalue weighted by Gasteiger charge is 2.53.